The second-order valence-corrected chi connectivity index (χ2v) is 4.78. The van der Waals surface area contributed by atoms with E-state index in [1.54, 1.807) is 12.1 Å². The molecular weight excluding hydrogens is 280 g/mol. The number of phenols is 3. The van der Waals surface area contributed by atoms with E-state index in [4.69, 9.17) is 11.6 Å². The van der Waals surface area contributed by atoms with Crippen LogP contribution in [0.5, 0.6) is 17.2 Å². The zero-order valence-electron chi connectivity index (χ0n) is 10.5. The molecule has 0 aliphatic carbocycles. The number of hydrogen-bond donors (Lipinski definition) is 3. The Hall–Kier alpha value is -2.20. The van der Waals surface area contributed by atoms with E-state index in [-0.39, 0.29) is 17.7 Å². The molecule has 0 saturated carbocycles. The Balaban J connectivity index is 2.16. The van der Waals surface area contributed by atoms with Gasteiger partial charge in [-0.1, -0.05) is 29.8 Å². The zero-order valence-corrected chi connectivity index (χ0v) is 11.3. The molecule has 0 radical (unpaired) electrons. The topological polar surface area (TPSA) is 77.8 Å². The summed E-state index contributed by atoms with van der Waals surface area (Å²) in [6.07, 6.45) is 0.494. The molecule has 2 aromatic rings. The summed E-state index contributed by atoms with van der Waals surface area (Å²) in [4.78, 5) is 12.0. The van der Waals surface area contributed by atoms with Crippen molar-refractivity contribution in [3.63, 3.8) is 0 Å². The summed E-state index contributed by atoms with van der Waals surface area (Å²) < 4.78 is 0. The van der Waals surface area contributed by atoms with E-state index in [1.807, 2.05) is 12.1 Å². The van der Waals surface area contributed by atoms with Crippen molar-refractivity contribution in [2.45, 2.75) is 12.8 Å². The van der Waals surface area contributed by atoms with Crippen LogP contribution in [0, 0.1) is 0 Å². The Morgan fingerprint density at radius 3 is 2.25 bits per heavy atom. The lowest BCUT2D eigenvalue weighted by Crippen LogP contribution is -2.02. The van der Waals surface area contributed by atoms with Gasteiger partial charge in [0, 0.05) is 23.6 Å². The van der Waals surface area contributed by atoms with Crippen molar-refractivity contribution in [3.05, 3.63) is 52.5 Å². The molecule has 5 heteroatoms. The van der Waals surface area contributed by atoms with Crippen LogP contribution in [0.15, 0.2) is 36.4 Å². The minimum Gasteiger partial charge on any atom is -0.508 e. The molecule has 0 unspecified atom stereocenters. The van der Waals surface area contributed by atoms with Crippen LogP contribution in [0.4, 0.5) is 0 Å². The first-order valence-electron chi connectivity index (χ1n) is 6.00. The van der Waals surface area contributed by atoms with Gasteiger partial charge in [-0.05, 0) is 18.1 Å². The Morgan fingerprint density at radius 1 is 1.05 bits per heavy atom. The minimum atomic E-state index is -0.438. The predicted octanol–water partition coefficient (Wildman–Crippen LogP) is 3.27. The summed E-state index contributed by atoms with van der Waals surface area (Å²) in [5.41, 5.74) is 0.634. The predicted molar refractivity (Wildman–Crippen MR) is 75.5 cm³/mol. The number of rotatable bonds is 4. The fourth-order valence-corrected chi connectivity index (χ4v) is 2.19. The molecule has 104 valence electrons. The summed E-state index contributed by atoms with van der Waals surface area (Å²) in [6, 6.07) is 9.19. The number of carbonyl (C=O) groups is 1. The van der Waals surface area contributed by atoms with Gasteiger partial charge >= 0.3 is 0 Å². The molecule has 20 heavy (non-hydrogen) atoms. The van der Waals surface area contributed by atoms with E-state index in [0.29, 0.717) is 11.4 Å². The van der Waals surface area contributed by atoms with Gasteiger partial charge in [-0.25, -0.2) is 0 Å². The molecule has 0 aliphatic heterocycles. The number of phenolic OH excluding ortho intramolecular Hbond substituents is 3. The molecule has 0 aliphatic rings. The van der Waals surface area contributed by atoms with Crippen molar-refractivity contribution < 1.29 is 20.1 Å². The van der Waals surface area contributed by atoms with E-state index in [2.05, 4.69) is 0 Å². The minimum absolute atomic E-state index is 0.0929. The first-order valence-corrected chi connectivity index (χ1v) is 6.38. The largest absolute Gasteiger partial charge is 0.508 e. The van der Waals surface area contributed by atoms with Gasteiger partial charge in [-0.3, -0.25) is 4.79 Å². The van der Waals surface area contributed by atoms with Crippen molar-refractivity contribution in [1.82, 2.24) is 0 Å². The van der Waals surface area contributed by atoms with E-state index >= 15 is 0 Å². The summed E-state index contributed by atoms with van der Waals surface area (Å²) in [7, 11) is 0. The van der Waals surface area contributed by atoms with Gasteiger partial charge in [0.05, 0.1) is 0 Å². The average molecular weight is 293 g/mol. The number of aromatic hydroxyl groups is 3. The Labute approximate surface area is 120 Å². The Morgan fingerprint density at radius 2 is 1.65 bits per heavy atom. The number of benzene rings is 2. The van der Waals surface area contributed by atoms with Gasteiger partial charge in [0.2, 0.25) is 0 Å². The second kappa shape index (κ2) is 5.84. The third-order valence-electron chi connectivity index (χ3n) is 2.94. The lowest BCUT2D eigenvalue weighted by Gasteiger charge is -2.08. The molecule has 0 amide bonds. The van der Waals surface area contributed by atoms with E-state index in [0.717, 1.165) is 17.7 Å². The van der Waals surface area contributed by atoms with Gasteiger partial charge in [-0.15, -0.1) is 0 Å². The van der Waals surface area contributed by atoms with Crippen molar-refractivity contribution in [3.8, 4) is 17.2 Å². The number of carbonyl (C=O) groups excluding carboxylic acids is 1. The number of halogens is 1. The van der Waals surface area contributed by atoms with Gasteiger partial charge < -0.3 is 15.3 Å². The smallest absolute Gasteiger partial charge is 0.170 e. The first-order chi connectivity index (χ1) is 9.49. The van der Waals surface area contributed by atoms with Gasteiger partial charge in [0.1, 0.15) is 22.8 Å². The fourth-order valence-electron chi connectivity index (χ4n) is 1.96. The van der Waals surface area contributed by atoms with E-state index in [9.17, 15) is 20.1 Å². The number of Topliss-reactive ketones (excluding diaryl/α,β-unsaturated/α-hetero) is 1. The van der Waals surface area contributed by atoms with Gasteiger partial charge in [-0.2, -0.15) is 0 Å². The molecule has 0 heterocycles. The maximum absolute atomic E-state index is 12.0. The number of hydrogen-bond acceptors (Lipinski definition) is 4. The molecule has 0 spiro atoms. The van der Waals surface area contributed by atoms with Crippen LogP contribution < -0.4 is 0 Å². The maximum atomic E-state index is 12.0. The summed E-state index contributed by atoms with van der Waals surface area (Å²) in [5, 5.41) is 29.0. The molecule has 0 aromatic heterocycles. The van der Waals surface area contributed by atoms with Crippen molar-refractivity contribution in [2.24, 2.45) is 0 Å². The van der Waals surface area contributed by atoms with Gasteiger partial charge in [0.25, 0.3) is 0 Å². The second-order valence-electron chi connectivity index (χ2n) is 4.37. The summed E-state index contributed by atoms with van der Waals surface area (Å²) in [6.45, 7) is 0. The van der Waals surface area contributed by atoms with Crippen molar-refractivity contribution in [1.29, 1.82) is 0 Å². The SMILES string of the molecule is O=C(CCc1ccccc1Cl)c1c(O)cc(O)cc1O. The van der Waals surface area contributed by atoms with E-state index in [1.165, 1.54) is 0 Å². The van der Waals surface area contributed by atoms with Crippen LogP contribution in [0.2, 0.25) is 5.02 Å². The molecule has 2 rings (SSSR count). The maximum Gasteiger partial charge on any atom is 0.170 e. The van der Waals surface area contributed by atoms with Crippen molar-refractivity contribution >= 4 is 17.4 Å². The third kappa shape index (κ3) is 3.03. The van der Waals surface area contributed by atoms with Crippen molar-refractivity contribution in [2.75, 3.05) is 0 Å². The molecule has 3 N–H and O–H groups in total. The first kappa shape index (κ1) is 14.2. The molecule has 0 atom stereocenters. The summed E-state index contributed by atoms with van der Waals surface area (Å²) >= 11 is 5.99. The molecule has 0 bridgehead atoms. The molecule has 0 fully saturated rings. The normalized spacial score (nSPS) is 10.4. The lowest BCUT2D eigenvalue weighted by atomic mass is 10.0. The molecular formula is C15H13ClO4. The highest BCUT2D eigenvalue weighted by Gasteiger charge is 2.17. The van der Waals surface area contributed by atoms with Crippen LogP contribution in [0.25, 0.3) is 0 Å². The lowest BCUT2D eigenvalue weighted by molar-refractivity contribution is 0.0977. The monoisotopic (exact) mass is 292 g/mol. The van der Waals surface area contributed by atoms with Crippen LogP contribution >= 0.6 is 11.6 Å². The third-order valence-corrected chi connectivity index (χ3v) is 3.31. The molecule has 2 aromatic carbocycles. The van der Waals surface area contributed by atoms with Gasteiger partial charge in [0.15, 0.2) is 5.78 Å². The van der Waals surface area contributed by atoms with E-state index < -0.39 is 17.3 Å². The molecule has 0 saturated heterocycles. The average Bonchev–Trinajstić information content (AvgIpc) is 2.36. The standard InChI is InChI=1S/C15H13ClO4/c16-11-4-2-1-3-9(11)5-6-12(18)15-13(19)7-10(17)8-14(15)20/h1-4,7-8,17,19-20H,5-6H2. The van der Waals surface area contributed by atoms with Crippen LogP contribution in [-0.2, 0) is 6.42 Å². The fraction of sp³-hybridized carbons (Fsp3) is 0.133. The van der Waals surface area contributed by atoms with Crippen LogP contribution in [0.3, 0.4) is 0 Å². The molecule has 4 nitrogen and oxygen atoms in total. The summed E-state index contributed by atoms with van der Waals surface area (Å²) in [5.74, 6) is -1.60. The van der Waals surface area contributed by atoms with Crippen LogP contribution in [-0.4, -0.2) is 21.1 Å². The Kier molecular flexibility index (Phi) is 4.15. The quantitative estimate of drug-likeness (QED) is 0.756. The highest BCUT2D eigenvalue weighted by molar-refractivity contribution is 6.31. The number of ketones is 1. The highest BCUT2D eigenvalue weighted by Crippen LogP contribution is 2.33. The highest BCUT2D eigenvalue weighted by atomic mass is 35.5. The zero-order chi connectivity index (χ0) is 14.7. The number of aryl methyl sites for hydroxylation is 1. The van der Waals surface area contributed by atoms with Crippen LogP contribution in [0.1, 0.15) is 22.3 Å². The Bertz CT molecular complexity index is 629.